The molecular formula is C13H12ClN3O. The number of imidazole rings is 1. The number of nitrogens with zero attached hydrogens (tertiary/aromatic N) is 2. The Morgan fingerprint density at radius 1 is 1.28 bits per heavy atom. The molecule has 0 radical (unpaired) electrons. The van der Waals surface area contributed by atoms with E-state index in [-0.39, 0.29) is 0 Å². The second-order valence-corrected chi connectivity index (χ2v) is 4.47. The second-order valence-electron chi connectivity index (χ2n) is 4.06. The summed E-state index contributed by atoms with van der Waals surface area (Å²) in [6, 6.07) is 9.43. The molecule has 0 fully saturated rings. The maximum Gasteiger partial charge on any atom is 0.201 e. The zero-order chi connectivity index (χ0) is 12.5. The molecule has 0 aliphatic carbocycles. The molecule has 0 aliphatic heterocycles. The molecule has 92 valence electrons. The average molecular weight is 262 g/mol. The fourth-order valence-electron chi connectivity index (χ4n) is 2.06. The van der Waals surface area contributed by atoms with E-state index >= 15 is 0 Å². The zero-order valence-corrected chi connectivity index (χ0v) is 10.4. The Hall–Kier alpha value is -1.94. The number of aromatic nitrogens is 2. The Kier molecular flexibility index (Phi) is 2.72. The number of nitrogen functional groups attached to an aromatic ring is 1. The third-order valence-corrected chi connectivity index (χ3v) is 3.21. The molecule has 0 saturated carbocycles. The highest BCUT2D eigenvalue weighted by Gasteiger charge is 2.11. The summed E-state index contributed by atoms with van der Waals surface area (Å²) in [5.74, 6) is 1.40. The summed E-state index contributed by atoms with van der Waals surface area (Å²) < 4.78 is 7.22. The van der Waals surface area contributed by atoms with Crippen molar-refractivity contribution in [2.45, 2.75) is 13.0 Å². The molecule has 2 aromatic heterocycles. The average Bonchev–Trinajstić information content (AvgIpc) is 2.94. The Labute approximate surface area is 109 Å². The quantitative estimate of drug-likeness (QED) is 0.788. The minimum atomic E-state index is 0.477. The molecule has 2 heterocycles. The lowest BCUT2D eigenvalue weighted by Crippen LogP contribution is -2.05. The summed E-state index contributed by atoms with van der Waals surface area (Å²) in [5, 5.41) is 0.663. The topological polar surface area (TPSA) is 57.0 Å². The lowest BCUT2D eigenvalue weighted by molar-refractivity contribution is 0.494. The molecule has 1 aromatic carbocycles. The number of benzene rings is 1. The van der Waals surface area contributed by atoms with Crippen molar-refractivity contribution in [2.75, 3.05) is 5.73 Å². The minimum Gasteiger partial charge on any atom is -0.469 e. The lowest BCUT2D eigenvalue weighted by atomic mass is 10.3. The van der Waals surface area contributed by atoms with E-state index in [4.69, 9.17) is 21.8 Å². The number of hydrogen-bond donors (Lipinski definition) is 1. The van der Waals surface area contributed by atoms with Gasteiger partial charge in [0.05, 0.1) is 22.3 Å². The Bertz CT molecular complexity index is 673. The molecule has 18 heavy (non-hydrogen) atoms. The predicted octanol–water partition coefficient (Wildman–Crippen LogP) is 3.11. The minimum absolute atomic E-state index is 0.477. The first-order valence-corrected chi connectivity index (χ1v) is 6.06. The van der Waals surface area contributed by atoms with Crippen molar-refractivity contribution in [2.24, 2.45) is 0 Å². The Balaban J connectivity index is 1.98. The monoisotopic (exact) mass is 261 g/mol. The van der Waals surface area contributed by atoms with Gasteiger partial charge in [-0.3, -0.25) is 0 Å². The summed E-state index contributed by atoms with van der Waals surface area (Å²) in [7, 11) is 0. The van der Waals surface area contributed by atoms with E-state index in [0.29, 0.717) is 17.5 Å². The van der Waals surface area contributed by atoms with Crippen LogP contribution in [-0.2, 0) is 13.0 Å². The fraction of sp³-hybridized carbons (Fsp3) is 0.154. The van der Waals surface area contributed by atoms with E-state index in [0.717, 1.165) is 23.2 Å². The van der Waals surface area contributed by atoms with Gasteiger partial charge in [-0.25, -0.2) is 4.98 Å². The van der Waals surface area contributed by atoms with Crippen LogP contribution in [0.2, 0.25) is 5.02 Å². The van der Waals surface area contributed by atoms with Crippen molar-refractivity contribution in [1.82, 2.24) is 9.55 Å². The van der Waals surface area contributed by atoms with Gasteiger partial charge in [-0.05, 0) is 24.3 Å². The summed E-state index contributed by atoms with van der Waals surface area (Å²) >= 11 is 6.20. The van der Waals surface area contributed by atoms with Crippen molar-refractivity contribution < 1.29 is 4.42 Å². The van der Waals surface area contributed by atoms with Crippen LogP contribution in [0.25, 0.3) is 11.0 Å². The van der Waals surface area contributed by atoms with Gasteiger partial charge >= 0.3 is 0 Å². The van der Waals surface area contributed by atoms with Crippen LogP contribution in [0, 0.1) is 0 Å². The number of rotatable bonds is 3. The van der Waals surface area contributed by atoms with Crippen LogP contribution >= 0.6 is 11.6 Å². The summed E-state index contributed by atoms with van der Waals surface area (Å²) in [6.07, 6.45) is 2.42. The van der Waals surface area contributed by atoms with Gasteiger partial charge in [-0.1, -0.05) is 17.7 Å². The number of para-hydroxylation sites is 1. The van der Waals surface area contributed by atoms with Crippen LogP contribution < -0.4 is 5.73 Å². The van der Waals surface area contributed by atoms with E-state index < -0.39 is 0 Å². The maximum absolute atomic E-state index is 6.20. The first-order chi connectivity index (χ1) is 8.75. The number of aryl methyl sites for hydroxylation is 2. The number of nitrogens with two attached hydrogens (primary N) is 1. The van der Waals surface area contributed by atoms with Crippen LogP contribution in [0.4, 0.5) is 5.95 Å². The van der Waals surface area contributed by atoms with Gasteiger partial charge in [-0.15, -0.1) is 0 Å². The van der Waals surface area contributed by atoms with Gasteiger partial charge in [-0.2, -0.15) is 0 Å². The van der Waals surface area contributed by atoms with Crippen LogP contribution in [0.5, 0.6) is 0 Å². The van der Waals surface area contributed by atoms with Gasteiger partial charge < -0.3 is 14.7 Å². The number of halogens is 1. The summed E-state index contributed by atoms with van der Waals surface area (Å²) in [6.45, 7) is 0.694. The first kappa shape index (κ1) is 11.2. The largest absolute Gasteiger partial charge is 0.469 e. The van der Waals surface area contributed by atoms with Crippen LogP contribution in [-0.4, -0.2) is 9.55 Å². The number of hydrogen-bond acceptors (Lipinski definition) is 3. The van der Waals surface area contributed by atoms with E-state index in [1.165, 1.54) is 0 Å². The molecule has 0 atom stereocenters. The molecule has 0 aliphatic rings. The fourth-order valence-corrected chi connectivity index (χ4v) is 2.33. The Morgan fingerprint density at radius 3 is 2.94 bits per heavy atom. The zero-order valence-electron chi connectivity index (χ0n) is 9.64. The number of furan rings is 1. The molecule has 2 N–H and O–H groups in total. The molecule has 3 rings (SSSR count). The smallest absolute Gasteiger partial charge is 0.201 e. The van der Waals surface area contributed by atoms with Crippen molar-refractivity contribution in [3.05, 3.63) is 47.4 Å². The SMILES string of the molecule is Nc1nc2cccc(Cl)c2n1CCc1ccco1. The summed E-state index contributed by atoms with van der Waals surface area (Å²) in [4.78, 5) is 4.30. The van der Waals surface area contributed by atoms with Crippen LogP contribution in [0.1, 0.15) is 5.76 Å². The molecule has 5 heteroatoms. The van der Waals surface area contributed by atoms with Crippen molar-refractivity contribution in [1.29, 1.82) is 0 Å². The normalized spacial score (nSPS) is 11.2. The first-order valence-electron chi connectivity index (χ1n) is 5.68. The molecule has 3 aromatic rings. The third kappa shape index (κ3) is 1.84. The van der Waals surface area contributed by atoms with Gasteiger partial charge in [0, 0.05) is 13.0 Å². The predicted molar refractivity (Wildman–Crippen MR) is 71.6 cm³/mol. The van der Waals surface area contributed by atoms with E-state index in [9.17, 15) is 0 Å². The molecule has 0 spiro atoms. The highest BCUT2D eigenvalue weighted by molar-refractivity contribution is 6.35. The highest BCUT2D eigenvalue weighted by atomic mass is 35.5. The number of anilines is 1. The standard InChI is InChI=1S/C13H12ClN3O/c14-10-4-1-5-11-12(10)17(13(15)16-11)7-6-9-3-2-8-18-9/h1-5,8H,6-7H2,(H2,15,16). The van der Waals surface area contributed by atoms with Crippen molar-refractivity contribution >= 4 is 28.6 Å². The van der Waals surface area contributed by atoms with E-state index in [1.54, 1.807) is 6.26 Å². The molecule has 0 unspecified atom stereocenters. The van der Waals surface area contributed by atoms with Crippen LogP contribution in [0.15, 0.2) is 41.0 Å². The van der Waals surface area contributed by atoms with Crippen molar-refractivity contribution in [3.63, 3.8) is 0 Å². The number of fused-ring (bicyclic) bond motifs is 1. The molecule has 0 bridgehead atoms. The van der Waals surface area contributed by atoms with E-state index in [2.05, 4.69) is 4.98 Å². The molecular weight excluding hydrogens is 250 g/mol. The highest BCUT2D eigenvalue weighted by Crippen LogP contribution is 2.25. The maximum atomic E-state index is 6.20. The van der Waals surface area contributed by atoms with Gasteiger partial charge in [0.1, 0.15) is 5.76 Å². The van der Waals surface area contributed by atoms with Crippen LogP contribution in [0.3, 0.4) is 0 Å². The van der Waals surface area contributed by atoms with Gasteiger partial charge in [0.2, 0.25) is 5.95 Å². The Morgan fingerprint density at radius 2 is 2.17 bits per heavy atom. The summed E-state index contributed by atoms with van der Waals surface area (Å²) in [5.41, 5.74) is 7.62. The van der Waals surface area contributed by atoms with E-state index in [1.807, 2.05) is 34.9 Å². The third-order valence-electron chi connectivity index (χ3n) is 2.91. The second kappa shape index (κ2) is 4.38. The lowest BCUT2D eigenvalue weighted by Gasteiger charge is -2.05. The molecule has 0 saturated heterocycles. The molecule has 4 nitrogen and oxygen atoms in total. The van der Waals surface area contributed by atoms with Gasteiger partial charge in [0.15, 0.2) is 0 Å². The van der Waals surface area contributed by atoms with Gasteiger partial charge in [0.25, 0.3) is 0 Å². The molecule has 0 amide bonds. The van der Waals surface area contributed by atoms with Crippen molar-refractivity contribution in [3.8, 4) is 0 Å².